The number of carbonyl (C=O) groups is 1. The molecule has 2 heterocycles. The Morgan fingerprint density at radius 1 is 1.43 bits per heavy atom. The molecule has 1 aromatic heterocycles. The number of hydrogen-bond acceptors (Lipinski definition) is 5. The summed E-state index contributed by atoms with van der Waals surface area (Å²) in [5, 5.41) is 7.12. The standard InChI is InChI=1S/C8H12N4O2/c9-8-11-10-6(14-8)5-7(13)12-3-1-2-4-12/h1-5H2,(H2,9,11). The second kappa shape index (κ2) is 3.65. The molecular weight excluding hydrogens is 184 g/mol. The summed E-state index contributed by atoms with van der Waals surface area (Å²) in [4.78, 5) is 13.4. The van der Waals surface area contributed by atoms with Gasteiger partial charge in [-0.1, -0.05) is 5.10 Å². The van der Waals surface area contributed by atoms with E-state index in [4.69, 9.17) is 10.2 Å². The Bertz CT molecular complexity index is 330. The molecule has 6 heteroatoms. The maximum absolute atomic E-state index is 11.6. The summed E-state index contributed by atoms with van der Waals surface area (Å²) in [6, 6.07) is 0.00854. The summed E-state index contributed by atoms with van der Waals surface area (Å²) in [5.41, 5.74) is 5.24. The smallest absolute Gasteiger partial charge is 0.312 e. The number of anilines is 1. The van der Waals surface area contributed by atoms with Gasteiger partial charge in [-0.3, -0.25) is 4.79 Å². The molecule has 1 fully saturated rings. The van der Waals surface area contributed by atoms with Crippen LogP contribution in [-0.4, -0.2) is 34.1 Å². The SMILES string of the molecule is Nc1nnc(CC(=O)N2CCCC2)o1. The van der Waals surface area contributed by atoms with Gasteiger partial charge in [0.15, 0.2) is 0 Å². The van der Waals surface area contributed by atoms with E-state index in [1.54, 1.807) is 4.90 Å². The molecule has 0 aromatic carbocycles. The van der Waals surface area contributed by atoms with Gasteiger partial charge >= 0.3 is 6.01 Å². The molecule has 0 unspecified atom stereocenters. The number of nitrogens with two attached hydrogens (primary N) is 1. The number of hydrogen-bond donors (Lipinski definition) is 1. The van der Waals surface area contributed by atoms with Crippen molar-refractivity contribution in [1.29, 1.82) is 0 Å². The van der Waals surface area contributed by atoms with Gasteiger partial charge in [0, 0.05) is 13.1 Å². The van der Waals surface area contributed by atoms with Crippen molar-refractivity contribution >= 4 is 11.9 Å². The van der Waals surface area contributed by atoms with Crippen LogP contribution in [0.2, 0.25) is 0 Å². The predicted molar refractivity (Wildman–Crippen MR) is 48.2 cm³/mol. The Morgan fingerprint density at radius 2 is 2.14 bits per heavy atom. The topological polar surface area (TPSA) is 85.2 Å². The number of rotatable bonds is 2. The van der Waals surface area contributed by atoms with Crippen molar-refractivity contribution in [2.24, 2.45) is 0 Å². The van der Waals surface area contributed by atoms with E-state index in [1.807, 2.05) is 0 Å². The molecule has 14 heavy (non-hydrogen) atoms. The second-order valence-corrected chi connectivity index (χ2v) is 3.30. The minimum absolute atomic E-state index is 0.00854. The minimum atomic E-state index is 0.00854. The number of nitrogen functional groups attached to an aromatic ring is 1. The fourth-order valence-corrected chi connectivity index (χ4v) is 1.55. The monoisotopic (exact) mass is 196 g/mol. The molecule has 0 saturated carbocycles. The molecule has 1 aromatic rings. The van der Waals surface area contributed by atoms with E-state index >= 15 is 0 Å². The third kappa shape index (κ3) is 1.84. The third-order valence-electron chi connectivity index (χ3n) is 2.24. The lowest BCUT2D eigenvalue weighted by molar-refractivity contribution is -0.129. The zero-order chi connectivity index (χ0) is 9.97. The second-order valence-electron chi connectivity index (χ2n) is 3.30. The molecule has 2 rings (SSSR count). The first-order valence-electron chi connectivity index (χ1n) is 4.61. The number of aromatic nitrogens is 2. The molecule has 1 amide bonds. The van der Waals surface area contributed by atoms with Gasteiger partial charge in [-0.2, -0.15) is 0 Å². The highest BCUT2D eigenvalue weighted by molar-refractivity contribution is 5.78. The van der Waals surface area contributed by atoms with Crippen LogP contribution in [0, 0.1) is 0 Å². The van der Waals surface area contributed by atoms with Gasteiger partial charge in [0.25, 0.3) is 0 Å². The van der Waals surface area contributed by atoms with Gasteiger partial charge in [0.2, 0.25) is 11.8 Å². The van der Waals surface area contributed by atoms with Crippen LogP contribution < -0.4 is 5.73 Å². The number of likely N-dealkylation sites (tertiary alicyclic amines) is 1. The maximum atomic E-state index is 11.6. The summed E-state index contributed by atoms with van der Waals surface area (Å²) in [5.74, 6) is 0.325. The van der Waals surface area contributed by atoms with E-state index in [9.17, 15) is 4.79 Å². The first kappa shape index (κ1) is 8.98. The van der Waals surface area contributed by atoms with E-state index in [0.717, 1.165) is 25.9 Å². The Balaban J connectivity index is 1.93. The van der Waals surface area contributed by atoms with E-state index in [2.05, 4.69) is 10.2 Å². The van der Waals surface area contributed by atoms with E-state index < -0.39 is 0 Å². The van der Waals surface area contributed by atoms with Crippen molar-refractivity contribution in [1.82, 2.24) is 15.1 Å². The van der Waals surface area contributed by atoms with Gasteiger partial charge in [0.05, 0.1) is 0 Å². The van der Waals surface area contributed by atoms with Crippen molar-refractivity contribution in [2.75, 3.05) is 18.8 Å². The normalized spacial score (nSPS) is 16.1. The lowest BCUT2D eigenvalue weighted by Gasteiger charge is -2.13. The zero-order valence-corrected chi connectivity index (χ0v) is 7.77. The van der Waals surface area contributed by atoms with Crippen molar-refractivity contribution in [3.8, 4) is 0 Å². The Hall–Kier alpha value is -1.59. The Morgan fingerprint density at radius 3 is 2.71 bits per heavy atom. The fourth-order valence-electron chi connectivity index (χ4n) is 1.55. The summed E-state index contributed by atoms with van der Waals surface area (Å²) in [7, 11) is 0. The van der Waals surface area contributed by atoms with Crippen LogP contribution in [0.4, 0.5) is 6.01 Å². The quantitative estimate of drug-likeness (QED) is 0.709. The van der Waals surface area contributed by atoms with Gasteiger partial charge in [0.1, 0.15) is 6.42 Å². The number of carbonyl (C=O) groups excluding carboxylic acids is 1. The van der Waals surface area contributed by atoms with Gasteiger partial charge < -0.3 is 15.1 Å². The molecule has 0 radical (unpaired) electrons. The molecule has 76 valence electrons. The molecule has 1 aliphatic heterocycles. The first-order valence-corrected chi connectivity index (χ1v) is 4.61. The van der Waals surface area contributed by atoms with Crippen molar-refractivity contribution < 1.29 is 9.21 Å². The van der Waals surface area contributed by atoms with Crippen molar-refractivity contribution in [2.45, 2.75) is 19.3 Å². The molecule has 2 N–H and O–H groups in total. The Kier molecular flexibility index (Phi) is 2.34. The lowest BCUT2D eigenvalue weighted by atomic mass is 10.4. The molecule has 6 nitrogen and oxygen atoms in total. The molecule has 1 saturated heterocycles. The summed E-state index contributed by atoms with van der Waals surface area (Å²) in [6.07, 6.45) is 2.32. The molecule has 0 atom stereocenters. The number of amides is 1. The van der Waals surface area contributed by atoms with Crippen LogP contribution in [0.1, 0.15) is 18.7 Å². The summed E-state index contributed by atoms with van der Waals surface area (Å²) >= 11 is 0. The largest absolute Gasteiger partial charge is 0.408 e. The van der Waals surface area contributed by atoms with Crippen LogP contribution in [-0.2, 0) is 11.2 Å². The van der Waals surface area contributed by atoms with Gasteiger partial charge in [-0.05, 0) is 12.8 Å². The van der Waals surface area contributed by atoms with E-state index in [-0.39, 0.29) is 18.3 Å². The first-order chi connectivity index (χ1) is 6.75. The van der Waals surface area contributed by atoms with Crippen LogP contribution in [0.25, 0.3) is 0 Å². The van der Waals surface area contributed by atoms with Gasteiger partial charge in [-0.25, -0.2) is 0 Å². The molecule has 1 aliphatic rings. The minimum Gasteiger partial charge on any atom is -0.408 e. The third-order valence-corrected chi connectivity index (χ3v) is 2.24. The highest BCUT2D eigenvalue weighted by Gasteiger charge is 2.20. The highest BCUT2D eigenvalue weighted by atomic mass is 16.4. The van der Waals surface area contributed by atoms with E-state index in [1.165, 1.54) is 0 Å². The fraction of sp³-hybridized carbons (Fsp3) is 0.625. The average molecular weight is 196 g/mol. The average Bonchev–Trinajstić information content (AvgIpc) is 2.75. The van der Waals surface area contributed by atoms with Crippen LogP contribution in [0.15, 0.2) is 4.42 Å². The van der Waals surface area contributed by atoms with Gasteiger partial charge in [-0.15, -0.1) is 5.10 Å². The van der Waals surface area contributed by atoms with Crippen LogP contribution >= 0.6 is 0 Å². The molecule has 0 bridgehead atoms. The molecule has 0 spiro atoms. The van der Waals surface area contributed by atoms with Crippen molar-refractivity contribution in [3.05, 3.63) is 5.89 Å². The predicted octanol–water partition coefficient (Wildman–Crippen LogP) is -0.183. The zero-order valence-electron chi connectivity index (χ0n) is 7.77. The van der Waals surface area contributed by atoms with Crippen molar-refractivity contribution in [3.63, 3.8) is 0 Å². The van der Waals surface area contributed by atoms with Crippen LogP contribution in [0.5, 0.6) is 0 Å². The number of nitrogens with zero attached hydrogens (tertiary/aromatic N) is 3. The maximum Gasteiger partial charge on any atom is 0.312 e. The Labute approximate surface area is 81.1 Å². The van der Waals surface area contributed by atoms with E-state index in [0.29, 0.717) is 5.89 Å². The van der Waals surface area contributed by atoms with Crippen LogP contribution in [0.3, 0.4) is 0 Å². The summed E-state index contributed by atoms with van der Waals surface area (Å²) in [6.45, 7) is 1.67. The lowest BCUT2D eigenvalue weighted by Crippen LogP contribution is -2.29. The highest BCUT2D eigenvalue weighted by Crippen LogP contribution is 2.10. The summed E-state index contributed by atoms with van der Waals surface area (Å²) < 4.78 is 4.92. The molecule has 0 aliphatic carbocycles. The molecular formula is C8H12N4O2.